The second kappa shape index (κ2) is 8.93. The Kier molecular flexibility index (Phi) is 7.52. The summed E-state index contributed by atoms with van der Waals surface area (Å²) in [6.45, 7) is 9.54. The Morgan fingerprint density at radius 2 is 2.21 bits per heavy atom. The fraction of sp³-hybridized carbons (Fsp3) is 0.786. The summed E-state index contributed by atoms with van der Waals surface area (Å²) in [7, 11) is 1.74. The van der Waals surface area contributed by atoms with Crippen LogP contribution in [0.4, 0.5) is 5.95 Å². The molecule has 1 heterocycles. The number of anilines is 1. The van der Waals surface area contributed by atoms with E-state index < -0.39 is 0 Å². The van der Waals surface area contributed by atoms with Gasteiger partial charge in [-0.15, -0.1) is 0 Å². The van der Waals surface area contributed by atoms with Gasteiger partial charge in [0.1, 0.15) is 0 Å². The molecule has 1 aromatic heterocycles. The van der Waals surface area contributed by atoms with Crippen LogP contribution in [-0.2, 0) is 9.47 Å². The average Bonchev–Trinajstić information content (AvgIpc) is 2.83. The zero-order chi connectivity index (χ0) is 14.1. The Balaban J connectivity index is 2.53. The summed E-state index contributed by atoms with van der Waals surface area (Å²) in [5, 5.41) is 3.36. The second-order valence-electron chi connectivity index (χ2n) is 4.90. The number of methoxy groups -OCH3 is 1. The normalized spacial score (nSPS) is 12.9. The zero-order valence-corrected chi connectivity index (χ0v) is 12.6. The molecule has 0 saturated heterocycles. The van der Waals surface area contributed by atoms with Crippen molar-refractivity contribution in [1.29, 1.82) is 0 Å². The third-order valence-corrected chi connectivity index (χ3v) is 3.09. The number of hydrogen-bond acceptors (Lipinski definition) is 4. The lowest BCUT2D eigenvalue weighted by Crippen LogP contribution is -2.22. The van der Waals surface area contributed by atoms with E-state index in [4.69, 9.17) is 9.47 Å². The Labute approximate surface area is 116 Å². The van der Waals surface area contributed by atoms with Crippen molar-refractivity contribution in [2.45, 2.75) is 33.2 Å². The molecule has 0 fully saturated rings. The molecular formula is C14H27N3O2. The van der Waals surface area contributed by atoms with Gasteiger partial charge in [-0.25, -0.2) is 4.98 Å². The summed E-state index contributed by atoms with van der Waals surface area (Å²) in [5.41, 5.74) is 0. The molecule has 0 amide bonds. The van der Waals surface area contributed by atoms with E-state index in [1.807, 2.05) is 19.3 Å². The topological polar surface area (TPSA) is 48.3 Å². The molecule has 1 rings (SSSR count). The molecule has 1 N–H and O–H groups in total. The van der Waals surface area contributed by atoms with Gasteiger partial charge in [0.2, 0.25) is 5.95 Å². The van der Waals surface area contributed by atoms with Gasteiger partial charge in [0, 0.05) is 39.3 Å². The summed E-state index contributed by atoms with van der Waals surface area (Å²) in [6, 6.07) is 0.307. The Bertz CT molecular complexity index is 339. The van der Waals surface area contributed by atoms with Gasteiger partial charge in [-0.1, -0.05) is 13.8 Å². The SMILES string of the molecule is CCOCCCNc1nccn1C(COC)C(C)C. The monoisotopic (exact) mass is 269 g/mol. The maximum Gasteiger partial charge on any atom is 0.203 e. The fourth-order valence-electron chi connectivity index (χ4n) is 2.00. The van der Waals surface area contributed by atoms with Gasteiger partial charge < -0.3 is 19.4 Å². The molecule has 0 aliphatic rings. The van der Waals surface area contributed by atoms with Crippen LogP contribution in [0.5, 0.6) is 0 Å². The number of aromatic nitrogens is 2. The van der Waals surface area contributed by atoms with Crippen LogP contribution in [0.25, 0.3) is 0 Å². The Morgan fingerprint density at radius 1 is 1.42 bits per heavy atom. The third-order valence-electron chi connectivity index (χ3n) is 3.09. The number of nitrogens with zero attached hydrogens (tertiary/aromatic N) is 2. The van der Waals surface area contributed by atoms with Gasteiger partial charge in [0.15, 0.2) is 0 Å². The zero-order valence-electron chi connectivity index (χ0n) is 12.6. The lowest BCUT2D eigenvalue weighted by molar-refractivity contribution is 0.134. The lowest BCUT2D eigenvalue weighted by Gasteiger charge is -2.23. The highest BCUT2D eigenvalue weighted by molar-refractivity contribution is 5.26. The standard InChI is InChI=1S/C14H27N3O2/c1-5-19-10-6-7-15-14-16-8-9-17(14)13(11-18-4)12(2)3/h8-9,12-13H,5-7,10-11H2,1-4H3,(H,15,16). The van der Waals surface area contributed by atoms with Crippen LogP contribution >= 0.6 is 0 Å². The molecule has 5 heteroatoms. The van der Waals surface area contributed by atoms with E-state index in [2.05, 4.69) is 28.7 Å². The predicted octanol–water partition coefficient (Wildman–Crippen LogP) is 2.57. The highest BCUT2D eigenvalue weighted by Crippen LogP contribution is 2.22. The molecule has 0 aromatic carbocycles. The molecule has 19 heavy (non-hydrogen) atoms. The van der Waals surface area contributed by atoms with Crippen LogP contribution < -0.4 is 5.32 Å². The Hall–Kier alpha value is -1.07. The van der Waals surface area contributed by atoms with E-state index in [0.29, 0.717) is 18.6 Å². The molecule has 0 saturated carbocycles. The quantitative estimate of drug-likeness (QED) is 0.663. The van der Waals surface area contributed by atoms with Crippen molar-refractivity contribution < 1.29 is 9.47 Å². The predicted molar refractivity (Wildman–Crippen MR) is 77.6 cm³/mol. The molecule has 1 aromatic rings. The molecule has 1 atom stereocenters. The summed E-state index contributed by atoms with van der Waals surface area (Å²) in [6.07, 6.45) is 4.82. The highest BCUT2D eigenvalue weighted by atomic mass is 16.5. The van der Waals surface area contributed by atoms with E-state index in [1.165, 1.54) is 0 Å². The number of ether oxygens (including phenoxy) is 2. The summed E-state index contributed by atoms with van der Waals surface area (Å²) >= 11 is 0. The van der Waals surface area contributed by atoms with Crippen molar-refractivity contribution in [3.63, 3.8) is 0 Å². The molecule has 0 aliphatic heterocycles. The fourth-order valence-corrected chi connectivity index (χ4v) is 2.00. The molecule has 1 unspecified atom stereocenters. The van der Waals surface area contributed by atoms with Crippen molar-refractivity contribution in [1.82, 2.24) is 9.55 Å². The molecule has 110 valence electrons. The minimum Gasteiger partial charge on any atom is -0.383 e. The maximum atomic E-state index is 5.32. The van der Waals surface area contributed by atoms with Crippen LogP contribution in [-0.4, -0.2) is 43.0 Å². The van der Waals surface area contributed by atoms with Crippen molar-refractivity contribution in [3.8, 4) is 0 Å². The van der Waals surface area contributed by atoms with E-state index in [9.17, 15) is 0 Å². The molecule has 0 radical (unpaired) electrons. The summed E-state index contributed by atoms with van der Waals surface area (Å²) in [5.74, 6) is 1.41. The lowest BCUT2D eigenvalue weighted by atomic mass is 10.1. The van der Waals surface area contributed by atoms with Gasteiger partial charge in [-0.2, -0.15) is 0 Å². The summed E-state index contributed by atoms with van der Waals surface area (Å²) in [4.78, 5) is 4.38. The maximum absolute atomic E-state index is 5.32. The largest absolute Gasteiger partial charge is 0.383 e. The van der Waals surface area contributed by atoms with E-state index >= 15 is 0 Å². The first kappa shape index (κ1) is 16.0. The van der Waals surface area contributed by atoms with Gasteiger partial charge in [0.05, 0.1) is 12.6 Å². The van der Waals surface area contributed by atoms with Crippen LogP contribution in [0, 0.1) is 5.92 Å². The van der Waals surface area contributed by atoms with Crippen LogP contribution in [0.2, 0.25) is 0 Å². The third kappa shape index (κ3) is 5.20. The Morgan fingerprint density at radius 3 is 2.84 bits per heavy atom. The van der Waals surface area contributed by atoms with Crippen molar-refractivity contribution >= 4 is 5.95 Å². The van der Waals surface area contributed by atoms with E-state index in [0.717, 1.165) is 32.1 Å². The number of hydrogen-bond donors (Lipinski definition) is 1. The first-order chi connectivity index (χ1) is 9.20. The molecular weight excluding hydrogens is 242 g/mol. The highest BCUT2D eigenvalue weighted by Gasteiger charge is 2.17. The second-order valence-corrected chi connectivity index (χ2v) is 4.90. The smallest absolute Gasteiger partial charge is 0.203 e. The van der Waals surface area contributed by atoms with Gasteiger partial charge in [0.25, 0.3) is 0 Å². The van der Waals surface area contributed by atoms with Gasteiger partial charge in [-0.05, 0) is 19.3 Å². The molecule has 5 nitrogen and oxygen atoms in total. The van der Waals surface area contributed by atoms with Crippen LogP contribution in [0.1, 0.15) is 33.2 Å². The van der Waals surface area contributed by atoms with Crippen molar-refractivity contribution in [3.05, 3.63) is 12.4 Å². The number of rotatable bonds is 10. The number of nitrogens with one attached hydrogen (secondary N) is 1. The molecule has 0 spiro atoms. The number of imidazole rings is 1. The molecule has 0 aliphatic carbocycles. The van der Waals surface area contributed by atoms with Crippen molar-refractivity contribution in [2.75, 3.05) is 38.8 Å². The minimum absolute atomic E-state index is 0.307. The average molecular weight is 269 g/mol. The van der Waals surface area contributed by atoms with Crippen LogP contribution in [0.3, 0.4) is 0 Å². The van der Waals surface area contributed by atoms with E-state index in [1.54, 1.807) is 7.11 Å². The van der Waals surface area contributed by atoms with Gasteiger partial charge in [-0.3, -0.25) is 0 Å². The van der Waals surface area contributed by atoms with Crippen LogP contribution in [0.15, 0.2) is 12.4 Å². The van der Waals surface area contributed by atoms with Crippen molar-refractivity contribution in [2.24, 2.45) is 5.92 Å². The van der Waals surface area contributed by atoms with E-state index in [-0.39, 0.29) is 0 Å². The summed E-state index contributed by atoms with van der Waals surface area (Å²) < 4.78 is 12.8. The first-order valence-corrected chi connectivity index (χ1v) is 7.04. The first-order valence-electron chi connectivity index (χ1n) is 7.04. The van der Waals surface area contributed by atoms with Gasteiger partial charge >= 0.3 is 0 Å². The molecule has 0 bridgehead atoms. The minimum atomic E-state index is 0.307.